The summed E-state index contributed by atoms with van der Waals surface area (Å²) in [6, 6.07) is 13.1. The number of methoxy groups -OCH3 is 1. The fourth-order valence-electron chi connectivity index (χ4n) is 1.91. The highest BCUT2D eigenvalue weighted by molar-refractivity contribution is 5.87. The van der Waals surface area contributed by atoms with Crippen LogP contribution in [-0.4, -0.2) is 12.1 Å². The first kappa shape index (κ1) is 10.7. The Bertz CT molecular complexity index is 704. The Morgan fingerprint density at radius 3 is 2.72 bits per heavy atom. The van der Waals surface area contributed by atoms with Crippen molar-refractivity contribution >= 4 is 16.8 Å². The van der Waals surface area contributed by atoms with Gasteiger partial charge in [0.2, 0.25) is 5.89 Å². The highest BCUT2D eigenvalue weighted by atomic mass is 16.5. The number of hydrogen-bond donors (Lipinski definition) is 1. The van der Waals surface area contributed by atoms with E-state index >= 15 is 0 Å². The van der Waals surface area contributed by atoms with Gasteiger partial charge in [0.05, 0.1) is 18.4 Å². The van der Waals surface area contributed by atoms with E-state index in [4.69, 9.17) is 14.9 Å². The maximum Gasteiger partial charge on any atom is 0.231 e. The number of para-hydroxylation sites is 2. The zero-order valence-corrected chi connectivity index (χ0v) is 9.88. The molecule has 0 saturated carbocycles. The molecule has 90 valence electrons. The quantitative estimate of drug-likeness (QED) is 0.699. The minimum atomic E-state index is 0.514. The number of fused-ring (bicyclic) bond motifs is 1. The Balaban J connectivity index is 2.23. The molecule has 4 heteroatoms. The Labute approximate surface area is 104 Å². The van der Waals surface area contributed by atoms with Crippen LogP contribution in [-0.2, 0) is 0 Å². The Kier molecular flexibility index (Phi) is 2.41. The first-order chi connectivity index (χ1) is 8.79. The summed E-state index contributed by atoms with van der Waals surface area (Å²) >= 11 is 0. The highest BCUT2D eigenvalue weighted by Gasteiger charge is 2.13. The van der Waals surface area contributed by atoms with Crippen molar-refractivity contribution in [2.75, 3.05) is 12.8 Å². The molecule has 0 fully saturated rings. The van der Waals surface area contributed by atoms with Crippen LogP contribution in [0.4, 0.5) is 5.69 Å². The maximum absolute atomic E-state index is 5.85. The largest absolute Gasteiger partial charge is 0.496 e. The molecule has 0 atom stereocenters. The van der Waals surface area contributed by atoms with Gasteiger partial charge in [0, 0.05) is 0 Å². The predicted octanol–water partition coefficient (Wildman–Crippen LogP) is 3.09. The molecule has 1 aromatic heterocycles. The van der Waals surface area contributed by atoms with Gasteiger partial charge in [-0.1, -0.05) is 18.2 Å². The second-order valence-electron chi connectivity index (χ2n) is 3.91. The maximum atomic E-state index is 5.85. The summed E-state index contributed by atoms with van der Waals surface area (Å²) in [6.45, 7) is 0. The van der Waals surface area contributed by atoms with Gasteiger partial charge in [-0.05, 0) is 24.3 Å². The molecule has 0 unspecified atom stereocenters. The normalized spacial score (nSPS) is 10.7. The van der Waals surface area contributed by atoms with E-state index in [-0.39, 0.29) is 0 Å². The SMILES string of the molecule is COc1ccccc1-c1nc2cccc(N)c2o1. The van der Waals surface area contributed by atoms with Crippen LogP contribution in [0, 0.1) is 0 Å². The van der Waals surface area contributed by atoms with Crippen molar-refractivity contribution in [3.8, 4) is 17.2 Å². The molecule has 3 aromatic rings. The lowest BCUT2D eigenvalue weighted by Gasteiger charge is -2.03. The molecule has 0 aliphatic rings. The predicted molar refractivity (Wildman–Crippen MR) is 70.4 cm³/mol. The second kappa shape index (κ2) is 4.07. The zero-order valence-electron chi connectivity index (χ0n) is 9.88. The van der Waals surface area contributed by atoms with Gasteiger partial charge in [0.25, 0.3) is 0 Å². The van der Waals surface area contributed by atoms with Crippen molar-refractivity contribution in [1.29, 1.82) is 0 Å². The highest BCUT2D eigenvalue weighted by Crippen LogP contribution is 2.32. The smallest absolute Gasteiger partial charge is 0.231 e. The van der Waals surface area contributed by atoms with Gasteiger partial charge in [0.1, 0.15) is 11.3 Å². The first-order valence-corrected chi connectivity index (χ1v) is 5.58. The summed E-state index contributed by atoms with van der Waals surface area (Å²) < 4.78 is 11.0. The van der Waals surface area contributed by atoms with Gasteiger partial charge >= 0.3 is 0 Å². The van der Waals surface area contributed by atoms with Crippen LogP contribution in [0.2, 0.25) is 0 Å². The minimum Gasteiger partial charge on any atom is -0.496 e. The lowest BCUT2D eigenvalue weighted by atomic mass is 10.2. The van der Waals surface area contributed by atoms with Crippen molar-refractivity contribution in [3.63, 3.8) is 0 Å². The third-order valence-corrected chi connectivity index (χ3v) is 2.78. The monoisotopic (exact) mass is 240 g/mol. The molecule has 0 amide bonds. The number of ether oxygens (including phenoxy) is 1. The number of oxazole rings is 1. The number of anilines is 1. The molecule has 0 bridgehead atoms. The number of nitrogens with zero attached hydrogens (tertiary/aromatic N) is 1. The van der Waals surface area contributed by atoms with Crippen molar-refractivity contribution in [1.82, 2.24) is 4.98 Å². The molecule has 0 radical (unpaired) electrons. The molecular formula is C14H12N2O2. The van der Waals surface area contributed by atoms with E-state index in [9.17, 15) is 0 Å². The number of benzene rings is 2. The van der Waals surface area contributed by atoms with Crippen molar-refractivity contribution in [3.05, 3.63) is 42.5 Å². The van der Waals surface area contributed by atoms with E-state index in [0.717, 1.165) is 16.8 Å². The number of aromatic nitrogens is 1. The van der Waals surface area contributed by atoms with Crippen LogP contribution in [0.3, 0.4) is 0 Å². The molecule has 0 aliphatic heterocycles. The zero-order chi connectivity index (χ0) is 12.5. The standard InChI is InChI=1S/C14H12N2O2/c1-17-12-8-3-2-5-9(12)14-16-11-7-4-6-10(15)13(11)18-14/h2-8H,15H2,1H3. The Morgan fingerprint density at radius 2 is 1.94 bits per heavy atom. The summed E-state index contributed by atoms with van der Waals surface area (Å²) in [5, 5.41) is 0. The lowest BCUT2D eigenvalue weighted by Crippen LogP contribution is -1.86. The van der Waals surface area contributed by atoms with Gasteiger partial charge < -0.3 is 14.9 Å². The fourth-order valence-corrected chi connectivity index (χ4v) is 1.91. The van der Waals surface area contributed by atoms with Gasteiger partial charge in [-0.2, -0.15) is 0 Å². The molecular weight excluding hydrogens is 228 g/mol. The van der Waals surface area contributed by atoms with Crippen LogP contribution in [0.25, 0.3) is 22.6 Å². The molecule has 2 aromatic carbocycles. The molecule has 1 heterocycles. The molecule has 18 heavy (non-hydrogen) atoms. The van der Waals surface area contributed by atoms with E-state index in [0.29, 0.717) is 17.2 Å². The number of nitrogen functional groups attached to an aromatic ring is 1. The Morgan fingerprint density at radius 1 is 1.11 bits per heavy atom. The summed E-state index contributed by atoms with van der Waals surface area (Å²) in [4.78, 5) is 4.43. The number of nitrogens with two attached hydrogens (primary N) is 1. The second-order valence-corrected chi connectivity index (χ2v) is 3.91. The van der Waals surface area contributed by atoms with E-state index in [1.807, 2.05) is 36.4 Å². The summed E-state index contributed by atoms with van der Waals surface area (Å²) in [5.41, 5.74) is 8.61. The molecule has 0 spiro atoms. The topological polar surface area (TPSA) is 61.3 Å². The van der Waals surface area contributed by atoms with Crippen LogP contribution in [0.5, 0.6) is 5.75 Å². The molecule has 0 aliphatic carbocycles. The first-order valence-electron chi connectivity index (χ1n) is 5.58. The van der Waals surface area contributed by atoms with Crippen LogP contribution in [0.1, 0.15) is 0 Å². The lowest BCUT2D eigenvalue weighted by molar-refractivity contribution is 0.414. The van der Waals surface area contributed by atoms with Gasteiger partial charge in [-0.25, -0.2) is 4.98 Å². The van der Waals surface area contributed by atoms with Crippen LogP contribution >= 0.6 is 0 Å². The molecule has 0 saturated heterocycles. The van der Waals surface area contributed by atoms with Gasteiger partial charge in [-0.15, -0.1) is 0 Å². The van der Waals surface area contributed by atoms with Crippen LogP contribution in [0.15, 0.2) is 46.9 Å². The van der Waals surface area contributed by atoms with Crippen molar-refractivity contribution in [2.24, 2.45) is 0 Å². The minimum absolute atomic E-state index is 0.514. The molecule has 3 rings (SSSR count). The van der Waals surface area contributed by atoms with Crippen molar-refractivity contribution in [2.45, 2.75) is 0 Å². The van der Waals surface area contributed by atoms with E-state index in [1.165, 1.54) is 0 Å². The molecule has 4 nitrogen and oxygen atoms in total. The van der Waals surface area contributed by atoms with E-state index in [1.54, 1.807) is 13.2 Å². The average Bonchev–Trinajstić information content (AvgIpc) is 2.84. The summed E-state index contributed by atoms with van der Waals surface area (Å²) in [5.74, 6) is 1.24. The Hall–Kier alpha value is -2.49. The fraction of sp³-hybridized carbons (Fsp3) is 0.0714. The number of rotatable bonds is 2. The van der Waals surface area contributed by atoms with E-state index in [2.05, 4.69) is 4.98 Å². The molecule has 2 N–H and O–H groups in total. The van der Waals surface area contributed by atoms with E-state index < -0.39 is 0 Å². The summed E-state index contributed by atoms with van der Waals surface area (Å²) in [6.07, 6.45) is 0. The number of hydrogen-bond acceptors (Lipinski definition) is 4. The average molecular weight is 240 g/mol. The van der Waals surface area contributed by atoms with Crippen molar-refractivity contribution < 1.29 is 9.15 Å². The summed E-state index contributed by atoms with van der Waals surface area (Å²) in [7, 11) is 1.62. The van der Waals surface area contributed by atoms with Gasteiger partial charge in [-0.3, -0.25) is 0 Å². The van der Waals surface area contributed by atoms with Crippen LogP contribution < -0.4 is 10.5 Å². The third-order valence-electron chi connectivity index (χ3n) is 2.78. The third kappa shape index (κ3) is 1.59. The van der Waals surface area contributed by atoms with Gasteiger partial charge in [0.15, 0.2) is 5.58 Å².